The van der Waals surface area contributed by atoms with Crippen LogP contribution in [0, 0.1) is 0 Å². The second-order valence-corrected chi connectivity index (χ2v) is 6.82. The number of fused-ring (bicyclic) bond motifs is 1. The van der Waals surface area contributed by atoms with Crippen molar-refractivity contribution in [3.05, 3.63) is 33.8 Å². The average molecular weight is 314 g/mol. The molecular formula is C14H20BrNS. The molecule has 0 saturated heterocycles. The number of nitrogens with one attached hydrogen (secondary N) is 1. The zero-order valence-electron chi connectivity index (χ0n) is 10.5. The quantitative estimate of drug-likeness (QED) is 0.875. The lowest BCUT2D eigenvalue weighted by Gasteiger charge is -2.15. The van der Waals surface area contributed by atoms with E-state index >= 15 is 0 Å². The van der Waals surface area contributed by atoms with Crippen molar-refractivity contribution >= 4 is 27.7 Å². The minimum atomic E-state index is 0.566. The van der Waals surface area contributed by atoms with Crippen LogP contribution in [0.3, 0.4) is 0 Å². The molecule has 1 aliphatic carbocycles. The van der Waals surface area contributed by atoms with Crippen molar-refractivity contribution in [3.63, 3.8) is 0 Å². The van der Waals surface area contributed by atoms with Crippen LogP contribution in [-0.2, 0) is 6.42 Å². The molecule has 0 radical (unpaired) electrons. The average Bonchev–Trinajstić information content (AvgIpc) is 2.74. The number of benzene rings is 1. The standard InChI is InChI=1S/C14H20BrNS/c1-10(17-2)8-9-16-14-7-6-11-12(14)4-3-5-13(11)15/h3-5,10,14,16H,6-9H2,1-2H3. The van der Waals surface area contributed by atoms with Gasteiger partial charge in [0, 0.05) is 15.8 Å². The van der Waals surface area contributed by atoms with Gasteiger partial charge in [-0.15, -0.1) is 0 Å². The van der Waals surface area contributed by atoms with E-state index in [0.29, 0.717) is 6.04 Å². The van der Waals surface area contributed by atoms with E-state index in [1.165, 1.54) is 34.9 Å². The summed E-state index contributed by atoms with van der Waals surface area (Å²) >= 11 is 5.59. The van der Waals surface area contributed by atoms with Gasteiger partial charge in [-0.05, 0) is 49.3 Å². The summed E-state index contributed by atoms with van der Waals surface area (Å²) in [5, 5.41) is 4.45. The van der Waals surface area contributed by atoms with E-state index in [0.717, 1.165) is 11.8 Å². The van der Waals surface area contributed by atoms with Crippen molar-refractivity contribution in [2.75, 3.05) is 12.8 Å². The maximum Gasteiger partial charge on any atom is 0.0326 e. The topological polar surface area (TPSA) is 12.0 Å². The molecule has 1 aromatic rings. The van der Waals surface area contributed by atoms with Gasteiger partial charge in [0.05, 0.1) is 0 Å². The highest BCUT2D eigenvalue weighted by molar-refractivity contribution is 9.10. The van der Waals surface area contributed by atoms with Crippen molar-refractivity contribution in [1.29, 1.82) is 0 Å². The van der Waals surface area contributed by atoms with E-state index in [1.54, 1.807) is 0 Å². The number of hydrogen-bond acceptors (Lipinski definition) is 2. The molecular weight excluding hydrogens is 294 g/mol. The SMILES string of the molecule is CSC(C)CCNC1CCc2c(Br)cccc21. The lowest BCUT2D eigenvalue weighted by atomic mass is 10.1. The van der Waals surface area contributed by atoms with Gasteiger partial charge in [0.25, 0.3) is 0 Å². The third kappa shape index (κ3) is 3.27. The Morgan fingerprint density at radius 3 is 3.12 bits per heavy atom. The molecule has 1 nitrogen and oxygen atoms in total. The molecule has 0 amide bonds. The largest absolute Gasteiger partial charge is 0.310 e. The van der Waals surface area contributed by atoms with Crippen LogP contribution in [0.25, 0.3) is 0 Å². The zero-order chi connectivity index (χ0) is 12.3. The summed E-state index contributed by atoms with van der Waals surface area (Å²) in [6.45, 7) is 3.42. The smallest absolute Gasteiger partial charge is 0.0326 e. The first-order valence-electron chi connectivity index (χ1n) is 6.26. The predicted octanol–water partition coefficient (Wildman–Crippen LogP) is 4.17. The van der Waals surface area contributed by atoms with Crippen molar-refractivity contribution in [3.8, 4) is 0 Å². The lowest BCUT2D eigenvalue weighted by molar-refractivity contribution is 0.520. The highest BCUT2D eigenvalue weighted by atomic mass is 79.9. The van der Waals surface area contributed by atoms with E-state index in [4.69, 9.17) is 0 Å². The molecule has 1 aromatic carbocycles. The van der Waals surface area contributed by atoms with E-state index in [-0.39, 0.29) is 0 Å². The molecule has 0 aliphatic heterocycles. The van der Waals surface area contributed by atoms with Gasteiger partial charge in [-0.3, -0.25) is 0 Å². The zero-order valence-corrected chi connectivity index (χ0v) is 12.9. The fourth-order valence-corrected chi connectivity index (χ4v) is 3.33. The fraction of sp³-hybridized carbons (Fsp3) is 0.571. The number of hydrogen-bond donors (Lipinski definition) is 1. The summed E-state index contributed by atoms with van der Waals surface area (Å²) in [7, 11) is 0. The first-order valence-corrected chi connectivity index (χ1v) is 8.34. The Labute approximate surface area is 117 Å². The Hall–Kier alpha value is 0.0100. The molecule has 1 N–H and O–H groups in total. The maximum absolute atomic E-state index is 3.70. The van der Waals surface area contributed by atoms with Gasteiger partial charge in [0.2, 0.25) is 0 Å². The van der Waals surface area contributed by atoms with E-state index < -0.39 is 0 Å². The summed E-state index contributed by atoms with van der Waals surface area (Å²) in [4.78, 5) is 0. The number of rotatable bonds is 5. The first kappa shape index (κ1) is 13.4. The molecule has 1 aliphatic rings. The molecule has 2 unspecified atom stereocenters. The Bertz CT molecular complexity index is 380. The Kier molecular flexibility index (Phi) is 4.95. The van der Waals surface area contributed by atoms with Crippen molar-refractivity contribution in [1.82, 2.24) is 5.32 Å². The van der Waals surface area contributed by atoms with Gasteiger partial charge >= 0.3 is 0 Å². The normalized spacial score (nSPS) is 20.3. The van der Waals surface area contributed by atoms with Crippen LogP contribution in [0.2, 0.25) is 0 Å². The summed E-state index contributed by atoms with van der Waals surface area (Å²) < 4.78 is 1.27. The molecule has 0 aromatic heterocycles. The Balaban J connectivity index is 1.91. The van der Waals surface area contributed by atoms with Crippen LogP contribution < -0.4 is 5.32 Å². The van der Waals surface area contributed by atoms with Crippen LogP contribution >= 0.6 is 27.7 Å². The molecule has 0 saturated carbocycles. The summed E-state index contributed by atoms with van der Waals surface area (Å²) in [5.41, 5.74) is 3.00. The third-order valence-corrected chi connectivity index (χ3v) is 5.34. The third-order valence-electron chi connectivity index (χ3n) is 3.56. The minimum absolute atomic E-state index is 0.566. The molecule has 2 atom stereocenters. The molecule has 3 heteroatoms. The molecule has 0 bridgehead atoms. The molecule has 94 valence electrons. The lowest BCUT2D eigenvalue weighted by Crippen LogP contribution is -2.22. The van der Waals surface area contributed by atoms with Gasteiger partial charge in [0.1, 0.15) is 0 Å². The number of thioether (sulfide) groups is 1. The second-order valence-electron chi connectivity index (χ2n) is 4.69. The van der Waals surface area contributed by atoms with Crippen LogP contribution in [0.5, 0.6) is 0 Å². The summed E-state index contributed by atoms with van der Waals surface area (Å²) in [5.74, 6) is 0. The van der Waals surface area contributed by atoms with Crippen LogP contribution in [0.15, 0.2) is 22.7 Å². The molecule has 0 fully saturated rings. The van der Waals surface area contributed by atoms with Crippen LogP contribution in [0.4, 0.5) is 0 Å². The fourth-order valence-electron chi connectivity index (χ4n) is 2.40. The molecule has 2 rings (SSSR count). The van der Waals surface area contributed by atoms with Gasteiger partial charge in [-0.2, -0.15) is 11.8 Å². The highest BCUT2D eigenvalue weighted by Crippen LogP contribution is 2.35. The van der Waals surface area contributed by atoms with Crippen molar-refractivity contribution in [2.45, 2.75) is 37.5 Å². The summed E-state index contributed by atoms with van der Waals surface area (Å²) in [6.07, 6.45) is 5.88. The van der Waals surface area contributed by atoms with E-state index in [1.807, 2.05) is 11.8 Å². The van der Waals surface area contributed by atoms with Gasteiger partial charge < -0.3 is 5.32 Å². The van der Waals surface area contributed by atoms with Gasteiger partial charge in [0.15, 0.2) is 0 Å². The van der Waals surface area contributed by atoms with Crippen molar-refractivity contribution < 1.29 is 0 Å². The molecule has 17 heavy (non-hydrogen) atoms. The first-order chi connectivity index (χ1) is 8.22. The second kappa shape index (κ2) is 6.26. The van der Waals surface area contributed by atoms with E-state index in [2.05, 4.69) is 52.6 Å². The number of halogens is 1. The Morgan fingerprint density at radius 1 is 1.53 bits per heavy atom. The van der Waals surface area contributed by atoms with Crippen LogP contribution in [-0.4, -0.2) is 18.1 Å². The molecule has 0 spiro atoms. The van der Waals surface area contributed by atoms with Crippen LogP contribution in [0.1, 0.15) is 36.9 Å². The highest BCUT2D eigenvalue weighted by Gasteiger charge is 2.23. The minimum Gasteiger partial charge on any atom is -0.310 e. The van der Waals surface area contributed by atoms with E-state index in [9.17, 15) is 0 Å². The summed E-state index contributed by atoms with van der Waals surface area (Å²) in [6, 6.07) is 7.13. The Morgan fingerprint density at radius 2 is 2.35 bits per heavy atom. The monoisotopic (exact) mass is 313 g/mol. The van der Waals surface area contributed by atoms with Crippen molar-refractivity contribution in [2.24, 2.45) is 0 Å². The predicted molar refractivity (Wildman–Crippen MR) is 80.8 cm³/mol. The molecule has 0 heterocycles. The maximum atomic E-state index is 3.70. The van der Waals surface area contributed by atoms with Gasteiger partial charge in [-0.25, -0.2) is 0 Å². The van der Waals surface area contributed by atoms with Gasteiger partial charge in [-0.1, -0.05) is 35.0 Å².